The third-order valence-electron chi connectivity index (χ3n) is 1.11. The van der Waals surface area contributed by atoms with E-state index in [4.69, 9.17) is 23.2 Å². The molecular formula is C4Br3Cl2F5. The highest BCUT2D eigenvalue weighted by atomic mass is 80.0. The van der Waals surface area contributed by atoms with Crippen LogP contribution in [0.3, 0.4) is 0 Å². The van der Waals surface area contributed by atoms with E-state index < -0.39 is 18.6 Å². The molecule has 14 heavy (non-hydrogen) atoms. The molecule has 86 valence electrons. The van der Waals surface area contributed by atoms with Gasteiger partial charge >= 0.3 is 12.1 Å². The third-order valence-corrected chi connectivity index (χ3v) is 5.30. The van der Waals surface area contributed by atoms with Crippen molar-refractivity contribution in [1.82, 2.24) is 0 Å². The average molecular weight is 454 g/mol. The minimum atomic E-state index is -5.85. The van der Waals surface area contributed by atoms with Gasteiger partial charge in [0.05, 0.1) is 0 Å². The summed E-state index contributed by atoms with van der Waals surface area (Å²) in [4.78, 5) is 0. The predicted octanol–water partition coefficient (Wildman–Crippen LogP) is 5.20. The van der Waals surface area contributed by atoms with Gasteiger partial charge in [0.15, 0.2) is 2.14 Å². The van der Waals surface area contributed by atoms with E-state index in [0.29, 0.717) is 0 Å². The van der Waals surface area contributed by atoms with Gasteiger partial charge in [-0.05, 0) is 0 Å². The molecule has 0 atom stereocenters. The van der Waals surface area contributed by atoms with Crippen LogP contribution in [0.15, 0.2) is 0 Å². The van der Waals surface area contributed by atoms with Crippen molar-refractivity contribution in [3.05, 3.63) is 0 Å². The van der Waals surface area contributed by atoms with Crippen molar-refractivity contribution in [3.63, 3.8) is 0 Å². The summed E-state index contributed by atoms with van der Waals surface area (Å²) in [5.41, 5.74) is 0. The Morgan fingerprint density at radius 2 is 1.07 bits per heavy atom. The van der Waals surface area contributed by atoms with Crippen LogP contribution in [0.1, 0.15) is 0 Å². The van der Waals surface area contributed by atoms with Gasteiger partial charge in [0.2, 0.25) is 4.33 Å². The Bertz CT molecular complexity index is 196. The van der Waals surface area contributed by atoms with Gasteiger partial charge in [-0.15, -0.1) is 0 Å². The summed E-state index contributed by atoms with van der Waals surface area (Å²) in [6, 6.07) is 0. The molecule has 10 heteroatoms. The standard InChI is InChI=1S/C4Br3Cl2F5/c5-3(6,7)1(8,9)2(10,11)4(12,13)14. The summed E-state index contributed by atoms with van der Waals surface area (Å²) < 4.78 is 55.5. The lowest BCUT2D eigenvalue weighted by atomic mass is 10.2. The Hall–Kier alpha value is 1.67. The zero-order valence-electron chi connectivity index (χ0n) is 5.78. The first-order valence-corrected chi connectivity index (χ1v) is 5.77. The van der Waals surface area contributed by atoms with Gasteiger partial charge < -0.3 is 0 Å². The summed E-state index contributed by atoms with van der Waals surface area (Å²) in [5.74, 6) is -5.29. The van der Waals surface area contributed by atoms with Crippen molar-refractivity contribution in [2.24, 2.45) is 0 Å². The first-order chi connectivity index (χ1) is 5.75. The normalized spacial score (nSPS) is 15.9. The van der Waals surface area contributed by atoms with Crippen molar-refractivity contribution < 1.29 is 22.0 Å². The van der Waals surface area contributed by atoms with E-state index in [-0.39, 0.29) is 0 Å². The predicted molar refractivity (Wildman–Crippen MR) is 55.0 cm³/mol. The Balaban J connectivity index is 5.30. The minimum Gasteiger partial charge on any atom is -0.193 e. The summed E-state index contributed by atoms with van der Waals surface area (Å²) in [7, 11) is 0. The van der Waals surface area contributed by atoms with Crippen molar-refractivity contribution in [1.29, 1.82) is 0 Å². The Labute approximate surface area is 111 Å². The quantitative estimate of drug-likeness (QED) is 0.378. The summed E-state index contributed by atoms with van der Waals surface area (Å²) in [6.07, 6.45) is -5.85. The first kappa shape index (κ1) is 15.7. The molecule has 0 fully saturated rings. The second-order valence-electron chi connectivity index (χ2n) is 2.14. The highest BCUT2D eigenvalue weighted by Crippen LogP contribution is 2.61. The van der Waals surface area contributed by atoms with Crippen molar-refractivity contribution in [2.75, 3.05) is 0 Å². The largest absolute Gasteiger partial charge is 0.456 e. The molecule has 0 aromatic rings. The molecule has 0 aromatic heterocycles. The van der Waals surface area contributed by atoms with E-state index in [0.717, 1.165) is 0 Å². The van der Waals surface area contributed by atoms with Gasteiger partial charge in [-0.1, -0.05) is 71.0 Å². The monoisotopic (exact) mass is 450 g/mol. The fourth-order valence-electron chi connectivity index (χ4n) is 0.356. The number of hydrogen-bond donors (Lipinski definition) is 0. The summed E-state index contributed by atoms with van der Waals surface area (Å²) in [6.45, 7) is 0. The highest BCUT2D eigenvalue weighted by molar-refractivity contribution is 9.39. The smallest absolute Gasteiger partial charge is 0.193 e. The number of rotatable bonds is 1. The molecular weight excluding hydrogens is 454 g/mol. The number of alkyl halides is 10. The van der Waals surface area contributed by atoms with E-state index in [9.17, 15) is 22.0 Å². The lowest BCUT2D eigenvalue weighted by molar-refractivity contribution is -0.286. The molecule has 0 heterocycles. The van der Waals surface area contributed by atoms with Crippen LogP contribution in [0.25, 0.3) is 0 Å². The molecule has 0 N–H and O–H groups in total. The molecule has 0 aromatic carbocycles. The molecule has 0 saturated carbocycles. The Kier molecular flexibility index (Phi) is 4.66. The molecule has 0 aliphatic heterocycles. The highest BCUT2D eigenvalue weighted by Gasteiger charge is 2.75. The van der Waals surface area contributed by atoms with E-state index in [1.54, 1.807) is 0 Å². The fourth-order valence-corrected chi connectivity index (χ4v) is 1.32. The Morgan fingerprint density at radius 1 is 0.786 bits per heavy atom. The van der Waals surface area contributed by atoms with Crippen LogP contribution in [0.2, 0.25) is 0 Å². The second kappa shape index (κ2) is 4.16. The van der Waals surface area contributed by atoms with E-state index >= 15 is 0 Å². The fraction of sp³-hybridized carbons (Fsp3) is 1.00. The molecule has 0 aliphatic rings. The van der Waals surface area contributed by atoms with Gasteiger partial charge in [-0.2, -0.15) is 22.0 Å². The molecule has 0 unspecified atom stereocenters. The van der Waals surface area contributed by atoms with Crippen molar-refractivity contribution in [2.45, 2.75) is 18.6 Å². The van der Waals surface area contributed by atoms with Crippen LogP contribution in [0.5, 0.6) is 0 Å². The second-order valence-corrected chi connectivity index (χ2v) is 10.2. The first-order valence-electron chi connectivity index (χ1n) is 2.64. The number of hydrogen-bond acceptors (Lipinski definition) is 0. The molecule has 0 saturated heterocycles. The molecule has 0 rings (SSSR count). The van der Waals surface area contributed by atoms with Gasteiger partial charge in [0.1, 0.15) is 0 Å². The van der Waals surface area contributed by atoms with Crippen LogP contribution in [0, 0.1) is 0 Å². The molecule has 0 nitrogen and oxygen atoms in total. The van der Waals surface area contributed by atoms with Crippen molar-refractivity contribution in [3.8, 4) is 0 Å². The van der Waals surface area contributed by atoms with Crippen LogP contribution >= 0.6 is 71.0 Å². The number of halogens is 10. The van der Waals surface area contributed by atoms with Crippen molar-refractivity contribution >= 4 is 71.0 Å². The van der Waals surface area contributed by atoms with Gasteiger partial charge in [0, 0.05) is 0 Å². The SMILES string of the molecule is FC(F)(F)C(F)(F)C(Cl)(Cl)C(Br)(Br)Br. The third kappa shape index (κ3) is 2.67. The maximum absolute atomic E-state index is 12.7. The molecule has 0 spiro atoms. The van der Waals surface area contributed by atoms with Crippen LogP contribution in [-0.2, 0) is 0 Å². The van der Waals surface area contributed by atoms with Gasteiger partial charge in [-0.3, -0.25) is 0 Å². The molecule has 0 amide bonds. The van der Waals surface area contributed by atoms with E-state index in [1.165, 1.54) is 0 Å². The summed E-state index contributed by atoms with van der Waals surface area (Å²) >= 11 is 17.1. The lowest BCUT2D eigenvalue weighted by Gasteiger charge is -2.36. The maximum Gasteiger partial charge on any atom is 0.456 e. The van der Waals surface area contributed by atoms with Gasteiger partial charge in [0.25, 0.3) is 0 Å². The molecule has 0 aliphatic carbocycles. The maximum atomic E-state index is 12.7. The van der Waals surface area contributed by atoms with Crippen LogP contribution in [0.4, 0.5) is 22.0 Å². The Morgan fingerprint density at radius 3 is 1.14 bits per heavy atom. The molecule has 0 bridgehead atoms. The van der Waals surface area contributed by atoms with Crippen LogP contribution < -0.4 is 0 Å². The van der Waals surface area contributed by atoms with Gasteiger partial charge in [-0.25, -0.2) is 0 Å². The zero-order chi connectivity index (χ0) is 12.0. The zero-order valence-corrected chi connectivity index (χ0v) is 12.0. The summed E-state index contributed by atoms with van der Waals surface area (Å²) in [5, 5.41) is 0. The molecule has 0 radical (unpaired) electrons. The van der Waals surface area contributed by atoms with Crippen LogP contribution in [-0.4, -0.2) is 18.6 Å². The lowest BCUT2D eigenvalue weighted by Crippen LogP contribution is -2.56. The van der Waals surface area contributed by atoms with E-state index in [1.807, 2.05) is 0 Å². The van der Waals surface area contributed by atoms with E-state index in [2.05, 4.69) is 47.8 Å². The topological polar surface area (TPSA) is 0 Å². The minimum absolute atomic E-state index is 2.16. The average Bonchev–Trinajstić information content (AvgIpc) is 1.81.